The van der Waals surface area contributed by atoms with Gasteiger partial charge in [-0.2, -0.15) is 0 Å². The maximum Gasteiger partial charge on any atom is 0.115 e. The summed E-state index contributed by atoms with van der Waals surface area (Å²) in [6.45, 7) is 5.04. The lowest BCUT2D eigenvalue weighted by Crippen LogP contribution is -2.18. The number of nitrogens with zero attached hydrogens (tertiary/aromatic N) is 2. The van der Waals surface area contributed by atoms with Gasteiger partial charge in [-0.25, -0.2) is 9.97 Å². The molecule has 1 aromatic carbocycles. The highest BCUT2D eigenvalue weighted by atomic mass is 14.9. The molecule has 0 saturated carbocycles. The van der Waals surface area contributed by atoms with Gasteiger partial charge in [-0.1, -0.05) is 29.8 Å². The van der Waals surface area contributed by atoms with Crippen LogP contribution in [0.2, 0.25) is 0 Å². The molecule has 0 saturated heterocycles. The van der Waals surface area contributed by atoms with Crippen LogP contribution < -0.4 is 5.32 Å². The summed E-state index contributed by atoms with van der Waals surface area (Å²) < 4.78 is 0. The predicted molar refractivity (Wildman–Crippen MR) is 68.5 cm³/mol. The quantitative estimate of drug-likeness (QED) is 0.872. The Morgan fingerprint density at radius 2 is 2.18 bits per heavy atom. The van der Waals surface area contributed by atoms with E-state index in [1.165, 1.54) is 11.1 Å². The first kappa shape index (κ1) is 11.7. The third kappa shape index (κ3) is 3.36. The Bertz CT molecular complexity index is 468. The predicted octanol–water partition coefficient (Wildman–Crippen LogP) is 2.64. The number of nitrogens with one attached hydrogen (secondary N) is 1. The van der Waals surface area contributed by atoms with Gasteiger partial charge in [-0.15, -0.1) is 0 Å². The van der Waals surface area contributed by atoms with Crippen LogP contribution in [0.4, 0.5) is 0 Å². The van der Waals surface area contributed by atoms with Crippen LogP contribution >= 0.6 is 0 Å². The molecule has 0 aliphatic rings. The van der Waals surface area contributed by atoms with Crippen molar-refractivity contribution in [2.45, 2.75) is 26.4 Å². The van der Waals surface area contributed by atoms with E-state index in [1.54, 1.807) is 12.5 Å². The van der Waals surface area contributed by atoms with Gasteiger partial charge in [0.25, 0.3) is 0 Å². The van der Waals surface area contributed by atoms with Crippen LogP contribution in [-0.2, 0) is 6.54 Å². The minimum Gasteiger partial charge on any atom is -0.305 e. The number of benzene rings is 1. The normalized spacial score (nSPS) is 12.4. The van der Waals surface area contributed by atoms with E-state index in [0.717, 1.165) is 12.2 Å². The van der Waals surface area contributed by atoms with Crippen LogP contribution in [0.5, 0.6) is 0 Å². The van der Waals surface area contributed by atoms with E-state index < -0.39 is 0 Å². The SMILES string of the molecule is Cc1cccc(C(C)NCc2ccncn2)c1. The maximum absolute atomic E-state index is 4.19. The Balaban J connectivity index is 1.96. The van der Waals surface area contributed by atoms with Crippen molar-refractivity contribution in [3.8, 4) is 0 Å². The molecular weight excluding hydrogens is 210 g/mol. The van der Waals surface area contributed by atoms with Crippen LogP contribution in [0.25, 0.3) is 0 Å². The lowest BCUT2D eigenvalue weighted by atomic mass is 10.1. The van der Waals surface area contributed by atoms with Gasteiger partial charge < -0.3 is 5.32 Å². The molecule has 17 heavy (non-hydrogen) atoms. The van der Waals surface area contributed by atoms with Crippen LogP contribution in [0, 0.1) is 6.92 Å². The van der Waals surface area contributed by atoms with E-state index >= 15 is 0 Å². The molecule has 0 aliphatic carbocycles. The highest BCUT2D eigenvalue weighted by molar-refractivity contribution is 5.24. The molecule has 0 spiro atoms. The maximum atomic E-state index is 4.19. The third-order valence-electron chi connectivity index (χ3n) is 2.77. The van der Waals surface area contributed by atoms with Gasteiger partial charge in [0.2, 0.25) is 0 Å². The van der Waals surface area contributed by atoms with Crippen molar-refractivity contribution < 1.29 is 0 Å². The van der Waals surface area contributed by atoms with Crippen molar-refractivity contribution in [1.29, 1.82) is 0 Å². The summed E-state index contributed by atoms with van der Waals surface area (Å²) in [7, 11) is 0. The van der Waals surface area contributed by atoms with Crippen molar-refractivity contribution in [2.24, 2.45) is 0 Å². The number of hydrogen-bond acceptors (Lipinski definition) is 3. The molecule has 1 aromatic heterocycles. The molecule has 0 amide bonds. The summed E-state index contributed by atoms with van der Waals surface area (Å²) in [5.41, 5.74) is 3.61. The number of aryl methyl sites for hydroxylation is 1. The van der Waals surface area contributed by atoms with Gasteiger partial charge in [0, 0.05) is 18.8 Å². The second-order valence-electron chi connectivity index (χ2n) is 4.22. The lowest BCUT2D eigenvalue weighted by Gasteiger charge is -2.14. The van der Waals surface area contributed by atoms with Crippen molar-refractivity contribution >= 4 is 0 Å². The molecule has 1 N–H and O–H groups in total. The molecule has 0 bridgehead atoms. The zero-order chi connectivity index (χ0) is 12.1. The smallest absolute Gasteiger partial charge is 0.115 e. The molecule has 3 nitrogen and oxygen atoms in total. The van der Waals surface area contributed by atoms with Crippen molar-refractivity contribution in [1.82, 2.24) is 15.3 Å². The van der Waals surface area contributed by atoms with E-state index in [0.29, 0.717) is 6.04 Å². The number of rotatable bonds is 4. The highest BCUT2D eigenvalue weighted by Crippen LogP contribution is 2.13. The highest BCUT2D eigenvalue weighted by Gasteiger charge is 2.04. The topological polar surface area (TPSA) is 37.8 Å². The molecule has 2 rings (SSSR count). The minimum atomic E-state index is 0.324. The molecule has 0 aliphatic heterocycles. The monoisotopic (exact) mass is 227 g/mol. The molecule has 88 valence electrons. The van der Waals surface area contributed by atoms with Crippen molar-refractivity contribution in [3.05, 3.63) is 59.7 Å². The summed E-state index contributed by atoms with van der Waals surface area (Å²) >= 11 is 0. The first-order valence-corrected chi connectivity index (χ1v) is 5.80. The van der Waals surface area contributed by atoms with Crippen molar-refractivity contribution in [2.75, 3.05) is 0 Å². The summed E-state index contributed by atoms with van der Waals surface area (Å²) in [5, 5.41) is 3.45. The zero-order valence-electron chi connectivity index (χ0n) is 10.2. The summed E-state index contributed by atoms with van der Waals surface area (Å²) in [5.74, 6) is 0. The van der Waals surface area contributed by atoms with Gasteiger partial charge in [-0.3, -0.25) is 0 Å². The fourth-order valence-electron chi connectivity index (χ4n) is 1.74. The first-order chi connectivity index (χ1) is 8.25. The van der Waals surface area contributed by atoms with E-state index in [9.17, 15) is 0 Å². The van der Waals surface area contributed by atoms with Gasteiger partial charge in [-0.05, 0) is 25.5 Å². The molecule has 3 heteroatoms. The molecule has 1 unspecified atom stereocenters. The standard InChI is InChI=1S/C14H17N3/c1-11-4-3-5-13(8-11)12(2)16-9-14-6-7-15-10-17-14/h3-8,10,12,16H,9H2,1-2H3. The van der Waals surface area contributed by atoms with Gasteiger partial charge >= 0.3 is 0 Å². The van der Waals surface area contributed by atoms with E-state index in [-0.39, 0.29) is 0 Å². The van der Waals surface area contributed by atoms with Gasteiger partial charge in [0.15, 0.2) is 0 Å². The molecule has 1 atom stereocenters. The summed E-state index contributed by atoms with van der Waals surface area (Å²) in [6.07, 6.45) is 3.34. The number of aromatic nitrogens is 2. The second kappa shape index (κ2) is 5.55. The second-order valence-corrected chi connectivity index (χ2v) is 4.22. The van der Waals surface area contributed by atoms with Gasteiger partial charge in [0.05, 0.1) is 5.69 Å². The molecular formula is C14H17N3. The molecule has 1 heterocycles. The average molecular weight is 227 g/mol. The minimum absolute atomic E-state index is 0.324. The molecule has 2 aromatic rings. The van der Waals surface area contributed by atoms with Crippen LogP contribution in [0.1, 0.15) is 29.8 Å². The summed E-state index contributed by atoms with van der Waals surface area (Å²) in [6, 6.07) is 10.8. The Morgan fingerprint density at radius 1 is 1.29 bits per heavy atom. The zero-order valence-corrected chi connectivity index (χ0v) is 10.2. The fraction of sp³-hybridized carbons (Fsp3) is 0.286. The Morgan fingerprint density at radius 3 is 2.88 bits per heavy atom. The van der Waals surface area contributed by atoms with Crippen LogP contribution in [-0.4, -0.2) is 9.97 Å². The Kier molecular flexibility index (Phi) is 3.83. The van der Waals surface area contributed by atoms with Crippen LogP contribution in [0.15, 0.2) is 42.9 Å². The number of hydrogen-bond donors (Lipinski definition) is 1. The van der Waals surface area contributed by atoms with E-state index in [4.69, 9.17) is 0 Å². The Labute approximate surface area is 102 Å². The summed E-state index contributed by atoms with van der Waals surface area (Å²) in [4.78, 5) is 8.09. The van der Waals surface area contributed by atoms with E-state index in [2.05, 4.69) is 53.4 Å². The molecule has 0 fully saturated rings. The Hall–Kier alpha value is -1.74. The van der Waals surface area contributed by atoms with Crippen molar-refractivity contribution in [3.63, 3.8) is 0 Å². The molecule has 0 radical (unpaired) electrons. The first-order valence-electron chi connectivity index (χ1n) is 5.80. The largest absolute Gasteiger partial charge is 0.305 e. The van der Waals surface area contributed by atoms with E-state index in [1.807, 2.05) is 6.07 Å². The third-order valence-corrected chi connectivity index (χ3v) is 2.77. The average Bonchev–Trinajstić information content (AvgIpc) is 2.37. The van der Waals surface area contributed by atoms with Gasteiger partial charge in [0.1, 0.15) is 6.33 Å². The lowest BCUT2D eigenvalue weighted by molar-refractivity contribution is 0.567. The fourth-order valence-corrected chi connectivity index (χ4v) is 1.74. The van der Waals surface area contributed by atoms with Crippen LogP contribution in [0.3, 0.4) is 0 Å².